The first-order chi connectivity index (χ1) is 10.4. The molecule has 22 heavy (non-hydrogen) atoms. The second kappa shape index (κ2) is 7.60. The van der Waals surface area contributed by atoms with Crippen LogP contribution in [0.25, 0.3) is 0 Å². The molecule has 0 heterocycles. The number of hydrogen-bond donors (Lipinski definition) is 2. The van der Waals surface area contributed by atoms with E-state index in [-0.39, 0.29) is 11.7 Å². The average molecular weight is 541 g/mol. The van der Waals surface area contributed by atoms with Gasteiger partial charge in [0, 0.05) is 0 Å². The molecule has 0 saturated heterocycles. The van der Waals surface area contributed by atoms with E-state index in [4.69, 9.17) is 11.6 Å². The van der Waals surface area contributed by atoms with Crippen molar-refractivity contribution in [2.45, 2.75) is 6.92 Å². The maximum absolute atomic E-state index is 12.0. The van der Waals surface area contributed by atoms with Gasteiger partial charge >= 0.3 is 0 Å². The summed E-state index contributed by atoms with van der Waals surface area (Å²) in [6.45, 7) is 1.90. The Bertz CT molecular complexity index is 740. The van der Waals surface area contributed by atoms with E-state index in [2.05, 4.69) is 10.5 Å². The van der Waals surface area contributed by atoms with Crippen molar-refractivity contribution in [1.29, 1.82) is 0 Å². The molecule has 2 rings (SSSR count). The predicted octanol–water partition coefficient (Wildman–Crippen LogP) is 4.33. The van der Waals surface area contributed by atoms with Crippen LogP contribution in [0.15, 0.2) is 35.4 Å². The highest BCUT2D eigenvalue weighted by Gasteiger charge is 2.09. The third-order valence-corrected chi connectivity index (χ3v) is 4.75. The Morgan fingerprint density at radius 1 is 1.27 bits per heavy atom. The summed E-state index contributed by atoms with van der Waals surface area (Å²) in [5.74, 6) is -0.127. The highest BCUT2D eigenvalue weighted by molar-refractivity contribution is 14.1. The number of nitrogens with one attached hydrogen (secondary N) is 1. The molecule has 0 saturated carbocycles. The van der Waals surface area contributed by atoms with Crippen molar-refractivity contribution in [2.75, 3.05) is 0 Å². The van der Waals surface area contributed by atoms with Gasteiger partial charge < -0.3 is 5.11 Å². The van der Waals surface area contributed by atoms with Crippen molar-refractivity contribution >= 4 is 68.9 Å². The lowest BCUT2D eigenvalue weighted by molar-refractivity contribution is 0.0955. The fourth-order valence-corrected chi connectivity index (χ4v) is 3.83. The summed E-state index contributed by atoms with van der Waals surface area (Å²) in [4.78, 5) is 12.0. The van der Waals surface area contributed by atoms with Crippen LogP contribution in [0.5, 0.6) is 5.75 Å². The number of phenolic OH excluding ortho intramolecular Hbond substituents is 1. The summed E-state index contributed by atoms with van der Waals surface area (Å²) in [5.41, 5.74) is 4.58. The van der Waals surface area contributed by atoms with Gasteiger partial charge in [0.05, 0.1) is 23.9 Å². The first-order valence-electron chi connectivity index (χ1n) is 6.16. The van der Waals surface area contributed by atoms with Crippen LogP contribution in [0.1, 0.15) is 21.5 Å². The monoisotopic (exact) mass is 540 g/mol. The fourth-order valence-electron chi connectivity index (χ4n) is 1.69. The van der Waals surface area contributed by atoms with Crippen LogP contribution in [0.2, 0.25) is 5.02 Å². The Balaban J connectivity index is 2.10. The minimum Gasteiger partial charge on any atom is -0.506 e. The fraction of sp³-hybridized carbons (Fsp3) is 0.0667. The average Bonchev–Trinajstić information content (AvgIpc) is 2.44. The minimum absolute atomic E-state index is 0.244. The zero-order chi connectivity index (χ0) is 16.3. The summed E-state index contributed by atoms with van der Waals surface area (Å²) < 4.78 is 1.44. The molecule has 2 aromatic carbocycles. The predicted molar refractivity (Wildman–Crippen MR) is 105 cm³/mol. The number of halogens is 3. The molecule has 0 fully saturated rings. The lowest BCUT2D eigenvalue weighted by Crippen LogP contribution is -2.18. The Morgan fingerprint density at radius 3 is 2.50 bits per heavy atom. The molecule has 0 aliphatic carbocycles. The van der Waals surface area contributed by atoms with Gasteiger partial charge in [0.1, 0.15) is 5.75 Å². The molecule has 0 radical (unpaired) electrons. The van der Waals surface area contributed by atoms with Gasteiger partial charge in [-0.2, -0.15) is 5.10 Å². The number of hydrazone groups is 1. The molecule has 7 heteroatoms. The number of carbonyl (C=O) groups is 1. The molecule has 0 aliphatic rings. The number of nitrogens with zero attached hydrogens (tertiary/aromatic N) is 1. The number of aryl methyl sites for hydroxylation is 1. The van der Waals surface area contributed by atoms with Crippen molar-refractivity contribution in [2.24, 2.45) is 5.10 Å². The molecule has 0 aliphatic heterocycles. The second-order valence-corrected chi connectivity index (χ2v) is 7.25. The van der Waals surface area contributed by atoms with E-state index in [1.165, 1.54) is 6.21 Å². The van der Waals surface area contributed by atoms with Gasteiger partial charge in [-0.1, -0.05) is 17.7 Å². The summed E-state index contributed by atoms with van der Waals surface area (Å²) in [5, 5.41) is 14.0. The molecule has 4 nitrogen and oxygen atoms in total. The molecular weight excluding hydrogens is 529 g/mol. The lowest BCUT2D eigenvalue weighted by atomic mass is 10.1. The SMILES string of the molecule is Cc1ccc(C(=O)N/N=C\c2cc(I)c(O)c(I)c2)c(Cl)c1. The molecule has 2 aromatic rings. The van der Waals surface area contributed by atoms with Gasteiger partial charge in [-0.25, -0.2) is 5.43 Å². The molecular formula is C15H11ClI2N2O2. The quantitative estimate of drug-likeness (QED) is 0.346. The highest BCUT2D eigenvalue weighted by atomic mass is 127. The largest absolute Gasteiger partial charge is 0.506 e. The van der Waals surface area contributed by atoms with Gasteiger partial charge in [0.25, 0.3) is 5.91 Å². The molecule has 0 bridgehead atoms. The molecule has 0 spiro atoms. The van der Waals surface area contributed by atoms with Crippen molar-refractivity contribution < 1.29 is 9.90 Å². The number of carbonyl (C=O) groups excluding carboxylic acids is 1. The minimum atomic E-state index is -0.371. The molecule has 114 valence electrons. The van der Waals surface area contributed by atoms with Crippen LogP contribution >= 0.6 is 56.8 Å². The standard InChI is InChI=1S/C15H11ClI2N2O2/c1-8-2-3-10(11(16)4-8)15(22)20-19-7-9-5-12(17)14(21)13(18)6-9/h2-7,21H,1H3,(H,20,22)/b19-7-. The second-order valence-electron chi connectivity index (χ2n) is 4.52. The van der Waals surface area contributed by atoms with Crippen LogP contribution in [0.4, 0.5) is 0 Å². The van der Waals surface area contributed by atoms with Crippen LogP contribution in [-0.2, 0) is 0 Å². The topological polar surface area (TPSA) is 61.7 Å². The van der Waals surface area contributed by atoms with Gasteiger partial charge in [0.2, 0.25) is 0 Å². The zero-order valence-electron chi connectivity index (χ0n) is 11.4. The summed E-state index contributed by atoms with van der Waals surface area (Å²) in [6, 6.07) is 8.74. The Hall–Kier alpha value is -0.870. The normalized spacial score (nSPS) is 10.9. The molecule has 0 atom stereocenters. The molecule has 1 amide bonds. The Kier molecular flexibility index (Phi) is 6.04. The molecule has 0 aromatic heterocycles. The number of hydrogen-bond acceptors (Lipinski definition) is 3. The van der Waals surface area contributed by atoms with Crippen molar-refractivity contribution in [1.82, 2.24) is 5.43 Å². The Morgan fingerprint density at radius 2 is 1.91 bits per heavy atom. The highest BCUT2D eigenvalue weighted by Crippen LogP contribution is 2.26. The third-order valence-electron chi connectivity index (χ3n) is 2.79. The lowest BCUT2D eigenvalue weighted by Gasteiger charge is -2.04. The van der Waals surface area contributed by atoms with E-state index in [1.807, 2.05) is 58.2 Å². The van der Waals surface area contributed by atoms with Gasteiger partial charge in [-0.05, 0) is 87.5 Å². The van der Waals surface area contributed by atoms with Crippen molar-refractivity contribution in [3.8, 4) is 5.75 Å². The molecule has 2 N–H and O–H groups in total. The maximum Gasteiger partial charge on any atom is 0.272 e. The van der Waals surface area contributed by atoms with E-state index < -0.39 is 0 Å². The smallest absolute Gasteiger partial charge is 0.272 e. The number of benzene rings is 2. The van der Waals surface area contributed by atoms with Crippen molar-refractivity contribution in [3.05, 3.63) is 59.2 Å². The van der Waals surface area contributed by atoms with Crippen molar-refractivity contribution in [3.63, 3.8) is 0 Å². The van der Waals surface area contributed by atoms with Crippen LogP contribution in [0, 0.1) is 14.1 Å². The van der Waals surface area contributed by atoms with E-state index >= 15 is 0 Å². The number of aromatic hydroxyl groups is 1. The number of rotatable bonds is 3. The number of phenols is 1. The van der Waals surface area contributed by atoms with Crippen LogP contribution < -0.4 is 5.43 Å². The van der Waals surface area contributed by atoms with E-state index in [1.54, 1.807) is 24.3 Å². The van der Waals surface area contributed by atoms with E-state index in [0.717, 1.165) is 18.3 Å². The summed E-state index contributed by atoms with van der Waals surface area (Å²) >= 11 is 10.1. The van der Waals surface area contributed by atoms with E-state index in [0.29, 0.717) is 10.6 Å². The number of amides is 1. The van der Waals surface area contributed by atoms with E-state index in [9.17, 15) is 9.90 Å². The first kappa shape index (κ1) is 17.5. The summed E-state index contributed by atoms with van der Waals surface area (Å²) in [7, 11) is 0. The summed E-state index contributed by atoms with van der Waals surface area (Å²) in [6.07, 6.45) is 1.52. The Labute approximate surface area is 160 Å². The first-order valence-corrected chi connectivity index (χ1v) is 8.69. The van der Waals surface area contributed by atoms with Gasteiger partial charge in [0.15, 0.2) is 0 Å². The van der Waals surface area contributed by atoms with Crippen LogP contribution in [0.3, 0.4) is 0 Å². The molecule has 0 unspecified atom stereocenters. The van der Waals surface area contributed by atoms with Gasteiger partial charge in [-0.3, -0.25) is 4.79 Å². The zero-order valence-corrected chi connectivity index (χ0v) is 16.5. The maximum atomic E-state index is 12.0. The van der Waals surface area contributed by atoms with Gasteiger partial charge in [-0.15, -0.1) is 0 Å². The third kappa shape index (κ3) is 4.32. The van der Waals surface area contributed by atoms with Crippen LogP contribution in [-0.4, -0.2) is 17.2 Å².